The molecule has 0 saturated heterocycles. The number of fused-ring (bicyclic) bond motifs is 3. The topological polar surface area (TPSA) is 68.0 Å². The lowest BCUT2D eigenvalue weighted by atomic mass is 10.1. The van der Waals surface area contributed by atoms with Crippen molar-refractivity contribution in [2.75, 3.05) is 0 Å². The van der Waals surface area contributed by atoms with Crippen LogP contribution in [0.4, 0.5) is 0 Å². The molecule has 6 rings (SSSR count). The fourth-order valence-electron chi connectivity index (χ4n) is 4.59. The maximum atomic E-state index is 13.5. The molecule has 0 atom stereocenters. The molecule has 6 heteroatoms. The number of aromatic nitrogens is 5. The summed E-state index contributed by atoms with van der Waals surface area (Å²) in [7, 11) is 2.01. The molecule has 3 aromatic carbocycles. The Kier molecular flexibility index (Phi) is 4.43. The number of nitrogens with zero attached hydrogens (tertiary/aromatic N) is 4. The zero-order chi connectivity index (χ0) is 22.4. The molecule has 0 radical (unpaired) electrons. The lowest BCUT2D eigenvalue weighted by Gasteiger charge is -2.08. The number of hydrogen-bond donors (Lipinski definition) is 1. The second-order valence-electron chi connectivity index (χ2n) is 8.11. The maximum absolute atomic E-state index is 13.5. The van der Waals surface area contributed by atoms with E-state index in [-0.39, 0.29) is 5.56 Å². The molecular weight excluding hydrogens is 410 g/mol. The highest BCUT2D eigenvalue weighted by atomic mass is 16.1. The van der Waals surface area contributed by atoms with Gasteiger partial charge in [0.05, 0.1) is 11.1 Å². The van der Waals surface area contributed by atoms with Gasteiger partial charge in [-0.05, 0) is 5.56 Å². The van der Waals surface area contributed by atoms with Gasteiger partial charge in [0.1, 0.15) is 11.2 Å². The van der Waals surface area contributed by atoms with Crippen molar-refractivity contribution in [1.82, 2.24) is 24.4 Å². The molecule has 0 aliphatic rings. The molecule has 160 valence electrons. The van der Waals surface area contributed by atoms with Gasteiger partial charge in [0.2, 0.25) is 0 Å². The van der Waals surface area contributed by atoms with Crippen LogP contribution in [0.3, 0.4) is 0 Å². The molecule has 0 unspecified atom stereocenters. The lowest BCUT2D eigenvalue weighted by Crippen LogP contribution is -2.11. The van der Waals surface area contributed by atoms with Crippen LogP contribution in [0.5, 0.6) is 0 Å². The van der Waals surface area contributed by atoms with Crippen LogP contribution >= 0.6 is 0 Å². The van der Waals surface area contributed by atoms with Crippen LogP contribution < -0.4 is 5.56 Å². The van der Waals surface area contributed by atoms with Gasteiger partial charge in [0.25, 0.3) is 5.56 Å². The van der Waals surface area contributed by atoms with Crippen molar-refractivity contribution in [2.45, 2.75) is 6.42 Å². The molecule has 0 saturated carbocycles. The first-order valence-electron chi connectivity index (χ1n) is 10.9. The largest absolute Gasteiger partial charge is 0.345 e. The molecule has 33 heavy (non-hydrogen) atoms. The summed E-state index contributed by atoms with van der Waals surface area (Å²) >= 11 is 0. The van der Waals surface area contributed by atoms with Crippen molar-refractivity contribution in [3.8, 4) is 22.5 Å². The first kappa shape index (κ1) is 19.3. The van der Waals surface area contributed by atoms with E-state index in [0.29, 0.717) is 23.1 Å². The zero-order valence-electron chi connectivity index (χ0n) is 18.1. The van der Waals surface area contributed by atoms with E-state index in [1.807, 2.05) is 78.3 Å². The smallest absolute Gasteiger partial charge is 0.283 e. The number of nitrogens with one attached hydrogen (secondary N) is 1. The highest BCUT2D eigenvalue weighted by Gasteiger charge is 2.24. The molecule has 0 spiro atoms. The number of aromatic amines is 1. The van der Waals surface area contributed by atoms with Crippen molar-refractivity contribution in [3.05, 3.63) is 113 Å². The predicted octanol–water partition coefficient (Wildman–Crippen LogP) is 4.83. The third-order valence-electron chi connectivity index (χ3n) is 6.13. The zero-order valence-corrected chi connectivity index (χ0v) is 18.1. The minimum absolute atomic E-state index is 0.243. The average molecular weight is 431 g/mol. The van der Waals surface area contributed by atoms with E-state index in [1.165, 1.54) is 0 Å². The van der Waals surface area contributed by atoms with Crippen molar-refractivity contribution >= 4 is 16.6 Å². The third kappa shape index (κ3) is 3.07. The lowest BCUT2D eigenvalue weighted by molar-refractivity contribution is 0.857. The summed E-state index contributed by atoms with van der Waals surface area (Å²) in [4.78, 5) is 18.0. The highest BCUT2D eigenvalue weighted by Crippen LogP contribution is 2.34. The van der Waals surface area contributed by atoms with Gasteiger partial charge in [-0.1, -0.05) is 91.0 Å². The molecule has 0 bridgehead atoms. The molecule has 3 heterocycles. The van der Waals surface area contributed by atoms with E-state index < -0.39 is 0 Å². The van der Waals surface area contributed by atoms with Gasteiger partial charge in [0.15, 0.2) is 5.65 Å². The van der Waals surface area contributed by atoms with E-state index >= 15 is 0 Å². The van der Waals surface area contributed by atoms with Gasteiger partial charge in [0, 0.05) is 30.3 Å². The Labute approximate surface area is 189 Å². The third-order valence-corrected chi connectivity index (χ3v) is 6.13. The number of hydrogen-bond acceptors (Lipinski definition) is 3. The summed E-state index contributed by atoms with van der Waals surface area (Å²) in [5.74, 6) is 0. The Hall–Kier alpha value is -4.45. The Balaban J connectivity index is 1.71. The van der Waals surface area contributed by atoms with Crippen LogP contribution in [0, 0.1) is 0 Å². The number of rotatable bonds is 4. The monoisotopic (exact) mass is 431 g/mol. The molecule has 6 aromatic rings. The fraction of sp³-hybridized carbons (Fsp3) is 0.0741. The molecule has 3 aromatic heterocycles. The van der Waals surface area contributed by atoms with Crippen LogP contribution in [-0.2, 0) is 13.5 Å². The predicted molar refractivity (Wildman–Crippen MR) is 130 cm³/mol. The fourth-order valence-corrected chi connectivity index (χ4v) is 4.59. The minimum atomic E-state index is -0.243. The first-order valence-corrected chi connectivity index (χ1v) is 10.9. The summed E-state index contributed by atoms with van der Waals surface area (Å²) in [5, 5.41) is 8.28. The van der Waals surface area contributed by atoms with Gasteiger partial charge in [-0.25, -0.2) is 9.73 Å². The van der Waals surface area contributed by atoms with Crippen molar-refractivity contribution in [1.29, 1.82) is 0 Å². The Bertz CT molecular complexity index is 1650. The van der Waals surface area contributed by atoms with Crippen LogP contribution in [-0.4, -0.2) is 24.4 Å². The summed E-state index contributed by atoms with van der Waals surface area (Å²) in [6.45, 7) is 0. The Morgan fingerprint density at radius 2 is 1.42 bits per heavy atom. The molecule has 0 fully saturated rings. The van der Waals surface area contributed by atoms with Crippen LogP contribution in [0.1, 0.15) is 11.3 Å². The van der Waals surface area contributed by atoms with Crippen molar-refractivity contribution in [3.63, 3.8) is 0 Å². The van der Waals surface area contributed by atoms with Crippen LogP contribution in [0.25, 0.3) is 39.1 Å². The van der Waals surface area contributed by atoms with E-state index in [1.54, 1.807) is 0 Å². The van der Waals surface area contributed by atoms with Crippen LogP contribution in [0.15, 0.2) is 95.8 Å². The summed E-state index contributed by atoms with van der Waals surface area (Å²) in [6, 6.07) is 30.1. The summed E-state index contributed by atoms with van der Waals surface area (Å²) in [6.07, 6.45) is 0.628. The first-order chi connectivity index (χ1) is 16.2. The second kappa shape index (κ2) is 7.60. The Morgan fingerprint density at radius 1 is 0.818 bits per heavy atom. The molecule has 6 nitrogen and oxygen atoms in total. The quantitative estimate of drug-likeness (QED) is 0.435. The van der Waals surface area contributed by atoms with E-state index in [2.05, 4.69) is 44.1 Å². The molecule has 0 aliphatic heterocycles. The van der Waals surface area contributed by atoms with E-state index in [0.717, 1.165) is 33.6 Å². The Morgan fingerprint density at radius 3 is 2.09 bits per heavy atom. The van der Waals surface area contributed by atoms with Gasteiger partial charge in [-0.2, -0.15) is 10.1 Å². The SMILES string of the molecule is Cn1c(Cc2ccccc2)c2c(=O)nc3c(-c4ccccc4)n[nH]n3c2c1-c1ccccc1. The average Bonchev–Trinajstić information content (AvgIpc) is 3.40. The number of H-pyrrole nitrogens is 1. The highest BCUT2D eigenvalue weighted by molar-refractivity contribution is 5.97. The van der Waals surface area contributed by atoms with Gasteiger partial charge < -0.3 is 4.57 Å². The summed E-state index contributed by atoms with van der Waals surface area (Å²) < 4.78 is 3.96. The van der Waals surface area contributed by atoms with Crippen LogP contribution in [0.2, 0.25) is 0 Å². The van der Waals surface area contributed by atoms with E-state index in [9.17, 15) is 4.79 Å². The minimum Gasteiger partial charge on any atom is -0.345 e. The van der Waals surface area contributed by atoms with Gasteiger partial charge in [-0.3, -0.25) is 4.79 Å². The van der Waals surface area contributed by atoms with Gasteiger partial charge >= 0.3 is 0 Å². The molecule has 1 N–H and O–H groups in total. The van der Waals surface area contributed by atoms with E-state index in [4.69, 9.17) is 0 Å². The number of benzene rings is 3. The molecule has 0 aliphatic carbocycles. The van der Waals surface area contributed by atoms with Gasteiger partial charge in [-0.15, -0.1) is 0 Å². The normalized spacial score (nSPS) is 11.4. The molecular formula is C27H21N5O. The maximum Gasteiger partial charge on any atom is 0.283 e. The van der Waals surface area contributed by atoms with Crippen molar-refractivity contribution < 1.29 is 0 Å². The summed E-state index contributed by atoms with van der Waals surface area (Å²) in [5.41, 5.74) is 6.68. The van der Waals surface area contributed by atoms with Crippen molar-refractivity contribution in [2.24, 2.45) is 7.05 Å². The molecule has 0 amide bonds. The second-order valence-corrected chi connectivity index (χ2v) is 8.11. The standard InChI is InChI=1S/C27H21N5O/c1-31-21(17-18-11-5-2-6-12-18)22-25(24(31)20-15-9-4-10-16-20)32-26(28-27(22)33)23(29-30-32)19-13-7-3-8-14-19/h2-16,30H,17H2,1H3.